The van der Waals surface area contributed by atoms with Crippen LogP contribution in [0.25, 0.3) is 0 Å². The summed E-state index contributed by atoms with van der Waals surface area (Å²) < 4.78 is 5.38. The van der Waals surface area contributed by atoms with Gasteiger partial charge in [-0.2, -0.15) is 0 Å². The molecule has 0 radical (unpaired) electrons. The van der Waals surface area contributed by atoms with E-state index in [4.69, 9.17) is 16.3 Å². The monoisotopic (exact) mass is 359 g/mol. The lowest BCUT2D eigenvalue weighted by Gasteiger charge is -2.19. The van der Waals surface area contributed by atoms with Crippen molar-refractivity contribution in [2.75, 3.05) is 12.4 Å². The van der Waals surface area contributed by atoms with Crippen molar-refractivity contribution in [3.8, 4) is 5.75 Å². The van der Waals surface area contributed by atoms with Crippen molar-refractivity contribution in [1.29, 1.82) is 0 Å². The van der Waals surface area contributed by atoms with E-state index >= 15 is 0 Å². The molecule has 2 aromatic carbocycles. The second-order valence-electron chi connectivity index (χ2n) is 6.88. The van der Waals surface area contributed by atoms with Gasteiger partial charge >= 0.3 is 0 Å². The number of ketones is 1. The fourth-order valence-electron chi connectivity index (χ4n) is 2.37. The van der Waals surface area contributed by atoms with Gasteiger partial charge in [0.15, 0.2) is 5.78 Å². The van der Waals surface area contributed by atoms with Crippen LogP contribution in [0.5, 0.6) is 5.75 Å². The molecule has 0 unspecified atom stereocenters. The first-order valence-electron chi connectivity index (χ1n) is 7.94. The lowest BCUT2D eigenvalue weighted by molar-refractivity contribution is -0.123. The molecule has 0 saturated carbocycles. The van der Waals surface area contributed by atoms with Crippen LogP contribution in [0, 0.1) is 12.3 Å². The molecule has 1 amide bonds. The van der Waals surface area contributed by atoms with Gasteiger partial charge < -0.3 is 10.1 Å². The van der Waals surface area contributed by atoms with Crippen LogP contribution in [-0.2, 0) is 4.79 Å². The average Bonchev–Trinajstić information content (AvgIpc) is 2.54. The van der Waals surface area contributed by atoms with Crippen molar-refractivity contribution in [1.82, 2.24) is 0 Å². The van der Waals surface area contributed by atoms with Crippen LogP contribution >= 0.6 is 11.6 Å². The molecule has 0 spiro atoms. The minimum Gasteiger partial charge on any atom is -0.496 e. The highest BCUT2D eigenvalue weighted by Crippen LogP contribution is 2.30. The Kier molecular flexibility index (Phi) is 5.53. The fourth-order valence-corrected chi connectivity index (χ4v) is 2.54. The number of rotatable bonds is 4. The minimum atomic E-state index is -0.582. The summed E-state index contributed by atoms with van der Waals surface area (Å²) in [4.78, 5) is 25.4. The maximum absolute atomic E-state index is 13.1. The van der Waals surface area contributed by atoms with E-state index in [9.17, 15) is 9.59 Å². The smallest absolute Gasteiger partial charge is 0.229 e. The molecule has 4 nitrogen and oxygen atoms in total. The van der Waals surface area contributed by atoms with E-state index in [1.807, 2.05) is 33.8 Å². The Morgan fingerprint density at radius 2 is 1.76 bits per heavy atom. The predicted molar refractivity (Wildman–Crippen MR) is 101 cm³/mol. The fraction of sp³-hybridized carbons (Fsp3) is 0.300. The summed E-state index contributed by atoms with van der Waals surface area (Å²) in [5, 5.41) is 3.24. The zero-order valence-corrected chi connectivity index (χ0v) is 15.8. The maximum Gasteiger partial charge on any atom is 0.229 e. The quantitative estimate of drug-likeness (QED) is 0.792. The molecule has 0 atom stereocenters. The van der Waals surface area contributed by atoms with E-state index in [1.54, 1.807) is 30.3 Å². The highest BCUT2D eigenvalue weighted by Gasteiger charge is 2.25. The summed E-state index contributed by atoms with van der Waals surface area (Å²) in [6.07, 6.45) is 0. The predicted octanol–water partition coefficient (Wildman–Crippen LogP) is 4.87. The maximum atomic E-state index is 13.1. The number of carbonyl (C=O) groups excluding carboxylic acids is 2. The highest BCUT2D eigenvalue weighted by atomic mass is 35.5. The summed E-state index contributed by atoms with van der Waals surface area (Å²) in [6.45, 7) is 7.30. The molecule has 0 fully saturated rings. The molecular formula is C20H22ClNO3. The Hall–Kier alpha value is -2.33. The van der Waals surface area contributed by atoms with Gasteiger partial charge in [0.2, 0.25) is 5.91 Å². The summed E-state index contributed by atoms with van der Waals surface area (Å²) in [5.74, 6) is 0.0768. The molecule has 0 aliphatic heterocycles. The molecule has 0 heterocycles. The summed E-state index contributed by atoms with van der Waals surface area (Å²) >= 11 is 6.08. The van der Waals surface area contributed by atoms with E-state index < -0.39 is 5.41 Å². The highest BCUT2D eigenvalue weighted by molar-refractivity contribution is 6.31. The molecule has 0 saturated heterocycles. The molecular weight excluding hydrogens is 338 g/mol. The Labute approximate surface area is 153 Å². The van der Waals surface area contributed by atoms with Crippen LogP contribution < -0.4 is 10.1 Å². The number of para-hydroxylation sites is 1. The van der Waals surface area contributed by atoms with Crippen LogP contribution in [-0.4, -0.2) is 18.8 Å². The van der Waals surface area contributed by atoms with Gasteiger partial charge in [0.05, 0.1) is 18.4 Å². The molecule has 0 bridgehead atoms. The summed E-state index contributed by atoms with van der Waals surface area (Å²) in [6, 6.07) is 10.2. The van der Waals surface area contributed by atoms with Gasteiger partial charge in [-0.25, -0.2) is 0 Å². The van der Waals surface area contributed by atoms with Crippen molar-refractivity contribution in [2.24, 2.45) is 5.41 Å². The van der Waals surface area contributed by atoms with Crippen molar-refractivity contribution in [3.63, 3.8) is 0 Å². The van der Waals surface area contributed by atoms with Crippen molar-refractivity contribution >= 4 is 29.0 Å². The molecule has 1 N–H and O–H groups in total. The van der Waals surface area contributed by atoms with Gasteiger partial charge in [-0.1, -0.05) is 44.5 Å². The Balaban J connectivity index is 2.52. The molecule has 2 rings (SSSR count). The van der Waals surface area contributed by atoms with E-state index in [-0.39, 0.29) is 11.7 Å². The first-order valence-corrected chi connectivity index (χ1v) is 8.32. The van der Waals surface area contributed by atoms with E-state index in [2.05, 4.69) is 5.32 Å². The molecule has 5 heteroatoms. The second kappa shape index (κ2) is 7.28. The number of hydrogen-bond acceptors (Lipinski definition) is 3. The molecule has 2 aromatic rings. The Morgan fingerprint density at radius 1 is 1.08 bits per heavy atom. The lowest BCUT2D eigenvalue weighted by atomic mass is 9.94. The van der Waals surface area contributed by atoms with Crippen LogP contribution in [0.15, 0.2) is 36.4 Å². The number of halogens is 1. The van der Waals surface area contributed by atoms with Crippen molar-refractivity contribution in [2.45, 2.75) is 27.7 Å². The van der Waals surface area contributed by atoms with Gasteiger partial charge in [-0.3, -0.25) is 9.59 Å². The zero-order chi connectivity index (χ0) is 18.8. The number of aryl methyl sites for hydroxylation is 1. The van der Waals surface area contributed by atoms with Gasteiger partial charge in [0.1, 0.15) is 5.75 Å². The van der Waals surface area contributed by atoms with Gasteiger partial charge in [0.25, 0.3) is 0 Å². The standard InChI is InChI=1S/C20H22ClNO3/c1-12-7-6-8-14(18(12)25-5)17(23)15-11-13(21)9-10-16(15)22-19(24)20(2,3)4/h6-11H,1-5H3,(H,22,24). The summed E-state index contributed by atoms with van der Waals surface area (Å²) in [7, 11) is 1.53. The number of nitrogens with one attached hydrogen (secondary N) is 1. The van der Waals surface area contributed by atoms with E-state index in [0.717, 1.165) is 5.56 Å². The van der Waals surface area contributed by atoms with Crippen LogP contribution in [0.3, 0.4) is 0 Å². The van der Waals surface area contributed by atoms with E-state index in [0.29, 0.717) is 27.6 Å². The Morgan fingerprint density at radius 3 is 2.36 bits per heavy atom. The number of benzene rings is 2. The number of methoxy groups -OCH3 is 1. The summed E-state index contributed by atoms with van der Waals surface area (Å²) in [5.41, 5.74) is 1.46. The number of anilines is 1. The van der Waals surface area contributed by atoms with Gasteiger partial charge in [-0.05, 0) is 36.8 Å². The van der Waals surface area contributed by atoms with Gasteiger partial charge in [-0.15, -0.1) is 0 Å². The van der Waals surface area contributed by atoms with Gasteiger partial charge in [0, 0.05) is 16.0 Å². The van der Waals surface area contributed by atoms with Crippen molar-refractivity contribution in [3.05, 3.63) is 58.1 Å². The van der Waals surface area contributed by atoms with Crippen molar-refractivity contribution < 1.29 is 14.3 Å². The first-order chi connectivity index (χ1) is 11.6. The number of carbonyl (C=O) groups is 2. The molecule has 132 valence electrons. The topological polar surface area (TPSA) is 55.4 Å². The molecule has 0 aromatic heterocycles. The SMILES string of the molecule is COc1c(C)cccc1C(=O)c1cc(Cl)ccc1NC(=O)C(C)(C)C. The zero-order valence-electron chi connectivity index (χ0n) is 15.1. The molecule has 0 aliphatic carbocycles. The number of hydrogen-bond donors (Lipinski definition) is 1. The molecule has 25 heavy (non-hydrogen) atoms. The van der Waals surface area contributed by atoms with Crippen LogP contribution in [0.4, 0.5) is 5.69 Å². The largest absolute Gasteiger partial charge is 0.496 e. The van der Waals surface area contributed by atoms with Crippen LogP contribution in [0.2, 0.25) is 5.02 Å². The number of ether oxygens (including phenoxy) is 1. The normalized spacial score (nSPS) is 11.1. The second-order valence-corrected chi connectivity index (χ2v) is 7.32. The third-order valence-electron chi connectivity index (χ3n) is 3.82. The molecule has 0 aliphatic rings. The number of amides is 1. The third-order valence-corrected chi connectivity index (χ3v) is 4.05. The van der Waals surface area contributed by atoms with E-state index in [1.165, 1.54) is 7.11 Å². The lowest BCUT2D eigenvalue weighted by Crippen LogP contribution is -2.28. The minimum absolute atomic E-state index is 0.180. The third kappa shape index (κ3) is 4.20. The Bertz CT molecular complexity index is 822. The van der Waals surface area contributed by atoms with Crippen LogP contribution in [0.1, 0.15) is 42.3 Å². The average molecular weight is 360 g/mol. The first kappa shape index (κ1) is 19.0.